The fourth-order valence-corrected chi connectivity index (χ4v) is 4.29. The number of nitrogens with one attached hydrogen (secondary N) is 1. The van der Waals surface area contributed by atoms with E-state index in [0.717, 1.165) is 22.6 Å². The highest BCUT2D eigenvalue weighted by Gasteiger charge is 2.26. The molecule has 0 saturated heterocycles. The molecule has 0 amide bonds. The van der Waals surface area contributed by atoms with Crippen LogP contribution in [0, 0.1) is 20.8 Å². The van der Waals surface area contributed by atoms with Crippen molar-refractivity contribution in [2.75, 3.05) is 0 Å². The number of ketones is 2. The summed E-state index contributed by atoms with van der Waals surface area (Å²) in [5.74, 6) is 0.673. The molecular weight excluding hydrogens is 372 g/mol. The minimum absolute atomic E-state index is 0.0400. The highest BCUT2D eigenvalue weighted by molar-refractivity contribution is 8.00. The third kappa shape index (κ3) is 3.54. The second-order valence-corrected chi connectivity index (χ2v) is 8.29. The van der Waals surface area contributed by atoms with Crippen molar-refractivity contribution in [3.8, 4) is 11.4 Å². The maximum Gasteiger partial charge on any atom is 0.192 e. The lowest BCUT2D eigenvalue weighted by atomic mass is 10.0. The molecule has 3 rings (SSSR count). The summed E-state index contributed by atoms with van der Waals surface area (Å²) in [5, 5.41) is 8.90. The molecule has 0 spiro atoms. The number of carbonyl (C=O) groups excluding carboxylic acids is 2. The van der Waals surface area contributed by atoms with Gasteiger partial charge in [0.25, 0.3) is 0 Å². The first kappa shape index (κ1) is 20.1. The summed E-state index contributed by atoms with van der Waals surface area (Å²) in [4.78, 5) is 27.9. The fraction of sp³-hybridized carbons (Fsp3) is 0.333. The van der Waals surface area contributed by atoms with Gasteiger partial charge in [0.1, 0.15) is 0 Å². The van der Waals surface area contributed by atoms with Gasteiger partial charge < -0.3 is 9.55 Å². The molecule has 0 radical (unpaired) electrons. The van der Waals surface area contributed by atoms with Crippen molar-refractivity contribution in [2.45, 2.75) is 45.0 Å². The van der Waals surface area contributed by atoms with Gasteiger partial charge in [0.2, 0.25) is 0 Å². The average molecular weight is 397 g/mol. The number of hydrogen-bond acceptors (Lipinski definition) is 5. The largest absolute Gasteiger partial charge is 0.355 e. The van der Waals surface area contributed by atoms with Crippen molar-refractivity contribution >= 4 is 23.3 Å². The van der Waals surface area contributed by atoms with Gasteiger partial charge in [0.05, 0.1) is 10.9 Å². The SMILES string of the molecule is CC(=O)c1c(C)[nH]c(C(=O)[C@H](C)Sc2nnc(-c3ccccc3C)n2C)c1C. The van der Waals surface area contributed by atoms with Crippen LogP contribution in [0.2, 0.25) is 0 Å². The number of aryl methyl sites for hydroxylation is 2. The van der Waals surface area contributed by atoms with Crippen LogP contribution in [0.4, 0.5) is 0 Å². The number of H-pyrrole nitrogens is 1. The number of aromatic nitrogens is 4. The number of Topliss-reactive ketones (excluding diaryl/α,β-unsaturated/α-hetero) is 2. The molecule has 1 N–H and O–H groups in total. The fourth-order valence-electron chi connectivity index (χ4n) is 3.42. The molecule has 2 heterocycles. The van der Waals surface area contributed by atoms with E-state index in [0.29, 0.717) is 22.0 Å². The molecule has 3 aromatic rings. The van der Waals surface area contributed by atoms with Gasteiger partial charge in [-0.1, -0.05) is 36.0 Å². The molecule has 0 saturated carbocycles. The normalized spacial score (nSPS) is 12.2. The zero-order valence-corrected chi connectivity index (χ0v) is 17.8. The van der Waals surface area contributed by atoms with Crippen molar-refractivity contribution in [1.29, 1.82) is 0 Å². The molecule has 7 heteroatoms. The van der Waals surface area contributed by atoms with E-state index in [9.17, 15) is 9.59 Å². The molecule has 0 aliphatic carbocycles. The second kappa shape index (κ2) is 7.75. The summed E-state index contributed by atoms with van der Waals surface area (Å²) in [5.41, 5.74) is 4.66. The summed E-state index contributed by atoms with van der Waals surface area (Å²) in [6.07, 6.45) is 0. The Bertz CT molecular complexity index is 1060. The van der Waals surface area contributed by atoms with Crippen LogP contribution in [-0.2, 0) is 7.05 Å². The number of benzene rings is 1. The summed E-state index contributed by atoms with van der Waals surface area (Å²) in [6.45, 7) is 9.02. The van der Waals surface area contributed by atoms with Gasteiger partial charge in [-0.2, -0.15) is 0 Å². The average Bonchev–Trinajstić information content (AvgIpc) is 3.14. The summed E-state index contributed by atoms with van der Waals surface area (Å²) >= 11 is 1.36. The van der Waals surface area contributed by atoms with Crippen LogP contribution >= 0.6 is 11.8 Å². The highest BCUT2D eigenvalue weighted by atomic mass is 32.2. The van der Waals surface area contributed by atoms with E-state index in [4.69, 9.17) is 0 Å². The Balaban J connectivity index is 1.85. The minimum atomic E-state index is -0.371. The van der Waals surface area contributed by atoms with Crippen molar-refractivity contribution in [3.63, 3.8) is 0 Å². The lowest BCUT2D eigenvalue weighted by Crippen LogP contribution is -2.16. The van der Waals surface area contributed by atoms with Gasteiger partial charge in [-0.25, -0.2) is 0 Å². The van der Waals surface area contributed by atoms with E-state index < -0.39 is 0 Å². The molecule has 1 atom stereocenters. The lowest BCUT2D eigenvalue weighted by molar-refractivity contribution is 0.0988. The molecule has 0 aliphatic rings. The molecule has 0 bridgehead atoms. The van der Waals surface area contributed by atoms with Gasteiger partial charge >= 0.3 is 0 Å². The zero-order valence-electron chi connectivity index (χ0n) is 17.0. The van der Waals surface area contributed by atoms with Gasteiger partial charge in [-0.05, 0) is 45.7 Å². The Labute approximate surface area is 168 Å². The van der Waals surface area contributed by atoms with E-state index in [1.54, 1.807) is 0 Å². The van der Waals surface area contributed by atoms with Gasteiger partial charge in [0, 0.05) is 23.9 Å². The Morgan fingerprint density at radius 1 is 1.14 bits per heavy atom. The Kier molecular flexibility index (Phi) is 5.56. The number of carbonyl (C=O) groups is 2. The van der Waals surface area contributed by atoms with E-state index in [2.05, 4.69) is 15.2 Å². The van der Waals surface area contributed by atoms with E-state index in [1.165, 1.54) is 18.7 Å². The summed E-state index contributed by atoms with van der Waals surface area (Å²) in [7, 11) is 1.90. The zero-order chi connectivity index (χ0) is 20.6. The lowest BCUT2D eigenvalue weighted by Gasteiger charge is -2.10. The number of rotatable bonds is 6. The van der Waals surface area contributed by atoms with E-state index in [-0.39, 0.29) is 16.8 Å². The van der Waals surface area contributed by atoms with Crippen LogP contribution in [-0.4, -0.2) is 36.6 Å². The van der Waals surface area contributed by atoms with Crippen LogP contribution in [0.25, 0.3) is 11.4 Å². The monoisotopic (exact) mass is 396 g/mol. The summed E-state index contributed by atoms with van der Waals surface area (Å²) < 4.78 is 1.91. The van der Waals surface area contributed by atoms with Crippen LogP contribution in [0.15, 0.2) is 29.4 Å². The first-order valence-electron chi connectivity index (χ1n) is 9.08. The maximum atomic E-state index is 13.0. The standard InChI is InChI=1S/C21H24N4O2S/c1-11-9-7-8-10-16(11)20-23-24-21(25(20)6)28-15(5)19(27)18-12(2)17(14(4)26)13(3)22-18/h7-10,15,22H,1-6H3/t15-/m0/s1. The maximum absolute atomic E-state index is 13.0. The van der Waals surface area contributed by atoms with Gasteiger partial charge in [0.15, 0.2) is 22.5 Å². The Hall–Kier alpha value is -2.67. The Morgan fingerprint density at radius 3 is 2.43 bits per heavy atom. The van der Waals surface area contributed by atoms with Crippen LogP contribution < -0.4 is 0 Å². The molecule has 146 valence electrons. The van der Waals surface area contributed by atoms with Crippen molar-refractivity contribution in [3.05, 3.63) is 52.3 Å². The van der Waals surface area contributed by atoms with Gasteiger partial charge in [-0.15, -0.1) is 10.2 Å². The quantitative estimate of drug-likeness (QED) is 0.496. The molecule has 6 nitrogen and oxygen atoms in total. The molecular formula is C21H24N4O2S. The summed E-state index contributed by atoms with van der Waals surface area (Å²) in [6, 6.07) is 8.00. The molecule has 28 heavy (non-hydrogen) atoms. The second-order valence-electron chi connectivity index (χ2n) is 6.99. The third-order valence-electron chi connectivity index (χ3n) is 4.91. The topological polar surface area (TPSA) is 80.6 Å². The minimum Gasteiger partial charge on any atom is -0.355 e. The highest BCUT2D eigenvalue weighted by Crippen LogP contribution is 2.29. The number of nitrogens with zero attached hydrogens (tertiary/aromatic N) is 3. The molecule has 0 fully saturated rings. The van der Waals surface area contributed by atoms with Crippen LogP contribution in [0.1, 0.15) is 51.5 Å². The van der Waals surface area contributed by atoms with Crippen molar-refractivity contribution < 1.29 is 9.59 Å². The van der Waals surface area contributed by atoms with Crippen molar-refractivity contribution in [1.82, 2.24) is 19.7 Å². The van der Waals surface area contributed by atoms with Gasteiger partial charge in [-0.3, -0.25) is 9.59 Å². The molecule has 0 unspecified atom stereocenters. The third-order valence-corrected chi connectivity index (χ3v) is 6.04. The smallest absolute Gasteiger partial charge is 0.192 e. The number of hydrogen-bond donors (Lipinski definition) is 1. The van der Waals surface area contributed by atoms with Crippen LogP contribution in [0.5, 0.6) is 0 Å². The number of aromatic amines is 1. The Morgan fingerprint density at radius 2 is 1.82 bits per heavy atom. The van der Waals surface area contributed by atoms with E-state index in [1.807, 2.05) is 63.6 Å². The first-order valence-corrected chi connectivity index (χ1v) is 9.96. The molecule has 1 aromatic carbocycles. The molecule has 0 aliphatic heterocycles. The molecule has 2 aromatic heterocycles. The van der Waals surface area contributed by atoms with Crippen LogP contribution in [0.3, 0.4) is 0 Å². The van der Waals surface area contributed by atoms with Crippen molar-refractivity contribution in [2.24, 2.45) is 7.05 Å². The predicted octanol–water partition coefficient (Wildman–Crippen LogP) is 4.30. The number of thioether (sulfide) groups is 1. The van der Waals surface area contributed by atoms with E-state index >= 15 is 0 Å². The first-order chi connectivity index (χ1) is 13.2. The predicted molar refractivity (Wildman–Crippen MR) is 111 cm³/mol.